The first-order chi connectivity index (χ1) is 7.48. The first-order valence-electron chi connectivity index (χ1n) is 5.08. The van der Waals surface area contributed by atoms with Gasteiger partial charge in [-0.1, -0.05) is 0 Å². The van der Waals surface area contributed by atoms with E-state index in [1.807, 2.05) is 0 Å². The second-order valence-electron chi connectivity index (χ2n) is 3.88. The summed E-state index contributed by atoms with van der Waals surface area (Å²) in [6, 6.07) is 2.25. The maximum Gasteiger partial charge on any atom is 0.416 e. The molecule has 1 atom stereocenters. The molecule has 1 aliphatic rings. The monoisotopic (exact) mass is 233 g/mol. The standard InChI is InChI=1S/C11H11F4N/c12-7-3-4-9(11(13,14)15)8(6-7)10-2-1-5-16-10/h3-4,6,10,16H,1-2,5H2/t10-/m0/s1. The molecule has 88 valence electrons. The molecule has 0 unspecified atom stereocenters. The maximum absolute atomic E-state index is 13.0. The molecule has 1 heterocycles. The van der Waals surface area contributed by atoms with E-state index in [4.69, 9.17) is 0 Å². The van der Waals surface area contributed by atoms with Crippen LogP contribution in [0, 0.1) is 5.82 Å². The van der Waals surface area contributed by atoms with Crippen molar-refractivity contribution in [3.05, 3.63) is 35.1 Å². The minimum atomic E-state index is -4.42. The fraction of sp³-hybridized carbons (Fsp3) is 0.455. The Morgan fingerprint density at radius 2 is 2.00 bits per heavy atom. The van der Waals surface area contributed by atoms with E-state index in [1.165, 1.54) is 0 Å². The van der Waals surface area contributed by atoms with Crippen LogP contribution in [0.25, 0.3) is 0 Å². The van der Waals surface area contributed by atoms with Crippen molar-refractivity contribution in [2.24, 2.45) is 0 Å². The summed E-state index contributed by atoms with van der Waals surface area (Å²) >= 11 is 0. The number of halogens is 4. The summed E-state index contributed by atoms with van der Waals surface area (Å²) in [6.45, 7) is 0.679. The van der Waals surface area contributed by atoms with Crippen LogP contribution in [0.1, 0.15) is 30.0 Å². The van der Waals surface area contributed by atoms with Crippen LogP contribution < -0.4 is 5.32 Å². The predicted octanol–water partition coefficient (Wildman–Crippen LogP) is 3.27. The third kappa shape index (κ3) is 2.19. The molecule has 0 amide bonds. The van der Waals surface area contributed by atoms with E-state index < -0.39 is 17.6 Å². The van der Waals surface area contributed by atoms with Gasteiger partial charge in [0.2, 0.25) is 0 Å². The van der Waals surface area contributed by atoms with Gasteiger partial charge in [0.1, 0.15) is 5.82 Å². The van der Waals surface area contributed by atoms with Crippen LogP contribution in [0.2, 0.25) is 0 Å². The minimum Gasteiger partial charge on any atom is -0.310 e. The van der Waals surface area contributed by atoms with Gasteiger partial charge in [0.05, 0.1) is 5.56 Å². The molecule has 0 radical (unpaired) electrons. The molecule has 1 fully saturated rings. The van der Waals surface area contributed by atoms with E-state index in [9.17, 15) is 17.6 Å². The van der Waals surface area contributed by atoms with Crippen molar-refractivity contribution < 1.29 is 17.6 Å². The molecule has 5 heteroatoms. The van der Waals surface area contributed by atoms with Crippen LogP contribution in [0.15, 0.2) is 18.2 Å². The fourth-order valence-corrected chi connectivity index (χ4v) is 2.03. The van der Waals surface area contributed by atoms with Crippen LogP contribution in [0.4, 0.5) is 17.6 Å². The van der Waals surface area contributed by atoms with Gasteiger partial charge in [-0.3, -0.25) is 0 Å². The quantitative estimate of drug-likeness (QED) is 0.734. The second kappa shape index (κ2) is 4.05. The Kier molecular flexibility index (Phi) is 2.88. The van der Waals surface area contributed by atoms with Crippen LogP contribution in [-0.4, -0.2) is 6.54 Å². The van der Waals surface area contributed by atoms with E-state index in [-0.39, 0.29) is 11.6 Å². The Hall–Kier alpha value is -1.10. The van der Waals surface area contributed by atoms with E-state index in [2.05, 4.69) is 5.32 Å². The molecule has 1 aliphatic heterocycles. The highest BCUT2D eigenvalue weighted by Crippen LogP contribution is 2.37. The van der Waals surface area contributed by atoms with Crippen molar-refractivity contribution in [1.29, 1.82) is 0 Å². The number of hydrogen-bond donors (Lipinski definition) is 1. The Labute approximate surface area is 90.5 Å². The SMILES string of the molecule is Fc1ccc(C(F)(F)F)c([C@@H]2CCCN2)c1. The fourth-order valence-electron chi connectivity index (χ4n) is 2.03. The summed E-state index contributed by atoms with van der Waals surface area (Å²) in [5.74, 6) is -0.628. The van der Waals surface area contributed by atoms with Crippen LogP contribution in [-0.2, 0) is 6.18 Å². The van der Waals surface area contributed by atoms with E-state index in [0.29, 0.717) is 13.0 Å². The number of nitrogens with one attached hydrogen (secondary N) is 1. The molecule has 1 aromatic carbocycles. The van der Waals surface area contributed by atoms with E-state index >= 15 is 0 Å². The molecule has 1 N–H and O–H groups in total. The van der Waals surface area contributed by atoms with Crippen molar-refractivity contribution in [1.82, 2.24) is 5.32 Å². The van der Waals surface area contributed by atoms with Gasteiger partial charge in [0, 0.05) is 6.04 Å². The zero-order valence-corrected chi connectivity index (χ0v) is 8.44. The topological polar surface area (TPSA) is 12.0 Å². The lowest BCUT2D eigenvalue weighted by molar-refractivity contribution is -0.138. The summed E-state index contributed by atoms with van der Waals surface area (Å²) in [5.41, 5.74) is -0.724. The molecule has 16 heavy (non-hydrogen) atoms. The molecular weight excluding hydrogens is 222 g/mol. The van der Waals surface area contributed by atoms with Crippen LogP contribution in [0.3, 0.4) is 0 Å². The van der Waals surface area contributed by atoms with Crippen LogP contribution in [0.5, 0.6) is 0 Å². The predicted molar refractivity (Wildman–Crippen MR) is 51.4 cm³/mol. The van der Waals surface area contributed by atoms with Crippen molar-refractivity contribution in [2.45, 2.75) is 25.1 Å². The third-order valence-corrected chi connectivity index (χ3v) is 2.75. The number of hydrogen-bond acceptors (Lipinski definition) is 1. The lowest BCUT2D eigenvalue weighted by atomic mass is 9.98. The molecule has 0 bridgehead atoms. The van der Waals surface area contributed by atoms with Gasteiger partial charge in [-0.2, -0.15) is 13.2 Å². The minimum absolute atomic E-state index is 0.0185. The van der Waals surface area contributed by atoms with Crippen molar-refractivity contribution in [3.8, 4) is 0 Å². The zero-order valence-electron chi connectivity index (χ0n) is 8.44. The number of benzene rings is 1. The Morgan fingerprint density at radius 1 is 1.25 bits per heavy atom. The lowest BCUT2D eigenvalue weighted by Crippen LogP contribution is -2.18. The molecule has 0 spiro atoms. The molecule has 0 saturated carbocycles. The van der Waals surface area contributed by atoms with Crippen LogP contribution >= 0.6 is 0 Å². The summed E-state index contributed by atoms with van der Waals surface area (Å²) in [7, 11) is 0. The van der Waals surface area contributed by atoms with Crippen molar-refractivity contribution in [3.63, 3.8) is 0 Å². The van der Waals surface area contributed by atoms with E-state index in [1.54, 1.807) is 0 Å². The Bertz CT molecular complexity index is 380. The Balaban J connectivity index is 2.43. The summed E-state index contributed by atoms with van der Waals surface area (Å²) in [6.07, 6.45) is -2.99. The first-order valence-corrected chi connectivity index (χ1v) is 5.08. The lowest BCUT2D eigenvalue weighted by Gasteiger charge is -2.17. The largest absolute Gasteiger partial charge is 0.416 e. The normalized spacial score (nSPS) is 21.4. The molecule has 1 nitrogen and oxygen atoms in total. The zero-order chi connectivity index (χ0) is 11.8. The summed E-state index contributed by atoms with van der Waals surface area (Å²) in [5, 5.41) is 2.95. The first kappa shape index (κ1) is 11.4. The third-order valence-electron chi connectivity index (χ3n) is 2.75. The van der Waals surface area contributed by atoms with Gasteiger partial charge in [0.15, 0.2) is 0 Å². The average molecular weight is 233 g/mol. The highest BCUT2D eigenvalue weighted by atomic mass is 19.4. The summed E-state index contributed by atoms with van der Waals surface area (Å²) in [4.78, 5) is 0. The Morgan fingerprint density at radius 3 is 2.56 bits per heavy atom. The van der Waals surface area contributed by atoms with Gasteiger partial charge in [-0.25, -0.2) is 4.39 Å². The molecule has 0 aliphatic carbocycles. The number of alkyl halides is 3. The van der Waals surface area contributed by atoms with Gasteiger partial charge in [-0.05, 0) is 43.1 Å². The van der Waals surface area contributed by atoms with E-state index in [0.717, 1.165) is 24.6 Å². The molecule has 1 saturated heterocycles. The number of rotatable bonds is 1. The van der Waals surface area contributed by atoms with Gasteiger partial charge < -0.3 is 5.32 Å². The van der Waals surface area contributed by atoms with Crippen molar-refractivity contribution in [2.75, 3.05) is 6.54 Å². The maximum atomic E-state index is 13.0. The molecule has 2 rings (SSSR count). The van der Waals surface area contributed by atoms with Crippen molar-refractivity contribution >= 4 is 0 Å². The van der Waals surface area contributed by atoms with Gasteiger partial charge >= 0.3 is 6.18 Å². The highest BCUT2D eigenvalue weighted by Gasteiger charge is 2.35. The molecular formula is C11H11F4N. The van der Waals surface area contributed by atoms with Gasteiger partial charge in [-0.15, -0.1) is 0 Å². The highest BCUT2D eigenvalue weighted by molar-refractivity contribution is 5.33. The summed E-state index contributed by atoms with van der Waals surface area (Å²) < 4.78 is 51.0. The molecule has 1 aromatic rings. The second-order valence-corrected chi connectivity index (χ2v) is 3.88. The average Bonchev–Trinajstić information content (AvgIpc) is 2.68. The van der Waals surface area contributed by atoms with Gasteiger partial charge in [0.25, 0.3) is 0 Å². The smallest absolute Gasteiger partial charge is 0.310 e. The molecule has 0 aromatic heterocycles.